The van der Waals surface area contributed by atoms with Gasteiger partial charge in [0.25, 0.3) is 5.69 Å². The van der Waals surface area contributed by atoms with E-state index in [1.165, 1.54) is 25.3 Å². The molecule has 8 heteroatoms. The van der Waals surface area contributed by atoms with Gasteiger partial charge in [0.15, 0.2) is 0 Å². The maximum absolute atomic E-state index is 11.7. The fraction of sp³-hybridized carbons (Fsp3) is 0.464. The van der Waals surface area contributed by atoms with Crippen molar-refractivity contribution in [1.82, 2.24) is 0 Å². The molecular weight excluding hydrogens is 460 g/mol. The monoisotopic (exact) mass is 494 g/mol. The zero-order valence-electron chi connectivity index (χ0n) is 21.2. The summed E-state index contributed by atoms with van der Waals surface area (Å²) in [5.41, 5.74) is 4.95. The SMILES string of the molecule is CC1CCC1.CCCC(=O)ON=C(CCC(=O)O)c1ccc2c(c1)C(CC)c1cc([N+](=O)[O-])ccc1-2. The maximum Gasteiger partial charge on any atom is 0.335 e. The molecule has 0 amide bonds. The second kappa shape index (κ2) is 12.4. The minimum atomic E-state index is -0.972. The first-order chi connectivity index (χ1) is 17.2. The molecule has 2 aromatic rings. The molecule has 2 aliphatic carbocycles. The number of carbonyl (C=O) groups is 2. The number of non-ortho nitro benzene ring substituents is 1. The normalized spacial score (nSPS) is 16.2. The number of nitro groups is 1. The molecule has 0 aliphatic heterocycles. The summed E-state index contributed by atoms with van der Waals surface area (Å²) in [6.07, 6.45) is 6.03. The van der Waals surface area contributed by atoms with Gasteiger partial charge in [0.05, 0.1) is 17.1 Å². The van der Waals surface area contributed by atoms with Crippen molar-refractivity contribution < 1.29 is 24.5 Å². The van der Waals surface area contributed by atoms with Crippen LogP contribution in [0.25, 0.3) is 11.1 Å². The van der Waals surface area contributed by atoms with Gasteiger partial charge in [0.1, 0.15) is 0 Å². The van der Waals surface area contributed by atoms with Crippen LogP contribution >= 0.6 is 0 Å². The molecule has 0 aromatic heterocycles. The quantitative estimate of drug-likeness (QED) is 0.176. The molecule has 2 aromatic carbocycles. The van der Waals surface area contributed by atoms with Crippen molar-refractivity contribution in [2.24, 2.45) is 11.1 Å². The van der Waals surface area contributed by atoms with Gasteiger partial charge in [-0.1, -0.05) is 57.3 Å². The third-order valence-electron chi connectivity index (χ3n) is 6.76. The summed E-state index contributed by atoms with van der Waals surface area (Å²) < 4.78 is 0. The van der Waals surface area contributed by atoms with Gasteiger partial charge < -0.3 is 9.94 Å². The van der Waals surface area contributed by atoms with Crippen LogP contribution in [0.4, 0.5) is 5.69 Å². The van der Waals surface area contributed by atoms with Crippen molar-refractivity contribution in [3.8, 4) is 11.1 Å². The van der Waals surface area contributed by atoms with Crippen LogP contribution in [-0.4, -0.2) is 27.7 Å². The maximum atomic E-state index is 11.7. The van der Waals surface area contributed by atoms with Gasteiger partial charge in [-0.3, -0.25) is 14.9 Å². The number of nitro benzene ring substituents is 1. The van der Waals surface area contributed by atoms with Crippen molar-refractivity contribution >= 4 is 23.3 Å². The van der Waals surface area contributed by atoms with E-state index in [1.54, 1.807) is 12.1 Å². The van der Waals surface area contributed by atoms with Crippen LogP contribution in [0.2, 0.25) is 0 Å². The third kappa shape index (κ3) is 6.56. The highest BCUT2D eigenvalue weighted by molar-refractivity contribution is 6.02. The topological polar surface area (TPSA) is 119 Å². The lowest BCUT2D eigenvalue weighted by molar-refractivity contribution is -0.384. The number of carbonyl (C=O) groups excluding carboxylic acids is 1. The lowest BCUT2D eigenvalue weighted by atomic mass is 9.88. The van der Waals surface area contributed by atoms with Gasteiger partial charge in [-0.2, -0.15) is 0 Å². The molecule has 1 saturated carbocycles. The second-order valence-electron chi connectivity index (χ2n) is 9.47. The number of nitrogens with zero attached hydrogens (tertiary/aromatic N) is 2. The Balaban J connectivity index is 0.000000642. The second-order valence-corrected chi connectivity index (χ2v) is 9.47. The number of aliphatic carboxylic acids is 1. The van der Waals surface area contributed by atoms with Crippen LogP contribution in [0, 0.1) is 16.0 Å². The molecule has 0 spiro atoms. The van der Waals surface area contributed by atoms with E-state index in [-0.39, 0.29) is 30.9 Å². The van der Waals surface area contributed by atoms with Crippen molar-refractivity contribution in [2.75, 3.05) is 0 Å². The zero-order valence-corrected chi connectivity index (χ0v) is 21.2. The summed E-state index contributed by atoms with van der Waals surface area (Å²) in [7, 11) is 0. The Morgan fingerprint density at radius 2 is 1.69 bits per heavy atom. The fourth-order valence-electron chi connectivity index (χ4n) is 4.52. The highest BCUT2D eigenvalue weighted by Crippen LogP contribution is 2.47. The molecule has 0 heterocycles. The minimum absolute atomic E-state index is 0.0202. The molecule has 0 bridgehead atoms. The molecule has 1 unspecified atom stereocenters. The Morgan fingerprint density at radius 1 is 1.06 bits per heavy atom. The largest absolute Gasteiger partial charge is 0.481 e. The van der Waals surface area contributed by atoms with E-state index in [0.29, 0.717) is 17.7 Å². The first-order valence-corrected chi connectivity index (χ1v) is 12.7. The van der Waals surface area contributed by atoms with E-state index in [0.717, 1.165) is 34.6 Å². The number of hydrogen-bond acceptors (Lipinski definition) is 6. The van der Waals surface area contributed by atoms with Crippen molar-refractivity contribution in [1.29, 1.82) is 0 Å². The Labute approximate surface area is 211 Å². The Hall–Kier alpha value is -3.55. The number of fused-ring (bicyclic) bond motifs is 3. The molecule has 0 radical (unpaired) electrons. The molecular formula is C28H34N2O6. The lowest BCUT2D eigenvalue weighted by Gasteiger charge is -2.18. The molecule has 1 N–H and O–H groups in total. The third-order valence-corrected chi connectivity index (χ3v) is 6.76. The highest BCUT2D eigenvalue weighted by atomic mass is 16.7. The molecule has 2 aliphatic rings. The number of benzene rings is 2. The predicted octanol–water partition coefficient (Wildman–Crippen LogP) is 6.84. The number of oxime groups is 1. The molecule has 8 nitrogen and oxygen atoms in total. The van der Waals surface area contributed by atoms with Crippen LogP contribution in [0.15, 0.2) is 41.6 Å². The molecule has 36 heavy (non-hydrogen) atoms. The van der Waals surface area contributed by atoms with E-state index in [9.17, 15) is 19.7 Å². The summed E-state index contributed by atoms with van der Waals surface area (Å²) >= 11 is 0. The van der Waals surface area contributed by atoms with Gasteiger partial charge in [0.2, 0.25) is 0 Å². The van der Waals surface area contributed by atoms with Gasteiger partial charge in [-0.25, -0.2) is 4.79 Å². The molecule has 0 saturated heterocycles. The number of carboxylic acid groups (broad SMARTS) is 1. The van der Waals surface area contributed by atoms with Crippen LogP contribution in [0.3, 0.4) is 0 Å². The average Bonchev–Trinajstić information content (AvgIpc) is 3.15. The number of rotatable bonds is 9. The van der Waals surface area contributed by atoms with E-state index >= 15 is 0 Å². The Kier molecular flexibility index (Phi) is 9.33. The van der Waals surface area contributed by atoms with E-state index in [2.05, 4.69) is 12.1 Å². The molecule has 4 rings (SSSR count). The van der Waals surface area contributed by atoms with E-state index in [4.69, 9.17) is 9.94 Å². The summed E-state index contributed by atoms with van der Waals surface area (Å²) in [4.78, 5) is 38.6. The van der Waals surface area contributed by atoms with Crippen molar-refractivity contribution in [2.45, 2.75) is 78.1 Å². The van der Waals surface area contributed by atoms with Crippen LogP contribution in [0.5, 0.6) is 0 Å². The van der Waals surface area contributed by atoms with Crippen molar-refractivity contribution in [3.63, 3.8) is 0 Å². The van der Waals surface area contributed by atoms with Crippen molar-refractivity contribution in [3.05, 3.63) is 63.2 Å². The summed E-state index contributed by atoms with van der Waals surface area (Å²) in [5.74, 6) is -0.397. The summed E-state index contributed by atoms with van der Waals surface area (Å²) in [6, 6.07) is 10.5. The van der Waals surface area contributed by atoms with Crippen LogP contribution in [0.1, 0.15) is 94.7 Å². The van der Waals surface area contributed by atoms with Gasteiger partial charge in [-0.15, -0.1) is 0 Å². The fourth-order valence-corrected chi connectivity index (χ4v) is 4.52. The zero-order chi connectivity index (χ0) is 26.2. The van der Waals surface area contributed by atoms with Crippen LogP contribution in [-0.2, 0) is 14.4 Å². The standard InChI is InChI=1S/C23H24N2O6.C5H10/c1-3-5-23(28)31-24-21(10-11-22(26)27)14-6-8-17-18-9-7-15(25(29)30)13-20(18)16(4-2)19(17)12-14;1-5-3-2-4-5/h6-9,12-13,16H,3-5,10-11H2,1-2H3,(H,26,27);5H,2-4H2,1H3. The number of hydrogen-bond donors (Lipinski definition) is 1. The summed E-state index contributed by atoms with van der Waals surface area (Å²) in [5, 5.41) is 24.3. The molecule has 192 valence electrons. The van der Waals surface area contributed by atoms with Gasteiger partial charge in [-0.05, 0) is 58.7 Å². The predicted molar refractivity (Wildman–Crippen MR) is 138 cm³/mol. The molecule has 1 fully saturated rings. The first-order valence-electron chi connectivity index (χ1n) is 12.7. The smallest absolute Gasteiger partial charge is 0.335 e. The summed E-state index contributed by atoms with van der Waals surface area (Å²) in [6.45, 7) is 6.17. The molecule has 1 atom stereocenters. The van der Waals surface area contributed by atoms with Crippen LogP contribution < -0.4 is 0 Å². The average molecular weight is 495 g/mol. The highest BCUT2D eigenvalue weighted by Gasteiger charge is 2.30. The Morgan fingerprint density at radius 3 is 2.22 bits per heavy atom. The Bertz CT molecular complexity index is 1150. The van der Waals surface area contributed by atoms with E-state index < -0.39 is 16.9 Å². The number of carboxylic acids is 1. The lowest BCUT2D eigenvalue weighted by Crippen LogP contribution is -2.09. The first kappa shape index (κ1) is 27.0. The van der Waals surface area contributed by atoms with E-state index in [1.807, 2.05) is 32.0 Å². The van der Waals surface area contributed by atoms with Gasteiger partial charge >= 0.3 is 11.9 Å². The minimum Gasteiger partial charge on any atom is -0.481 e. The van der Waals surface area contributed by atoms with Gasteiger partial charge in [0, 0.05) is 30.9 Å².